The maximum absolute atomic E-state index is 12.8. The Morgan fingerprint density at radius 3 is 2.90 bits per heavy atom. The summed E-state index contributed by atoms with van der Waals surface area (Å²) < 4.78 is 1.98. The first-order valence-corrected chi connectivity index (χ1v) is 11.6. The van der Waals surface area contributed by atoms with Crippen molar-refractivity contribution in [2.24, 2.45) is 0 Å². The van der Waals surface area contributed by atoms with Gasteiger partial charge >= 0.3 is 0 Å². The highest BCUT2D eigenvalue weighted by Crippen LogP contribution is 2.30. The molecule has 31 heavy (non-hydrogen) atoms. The number of rotatable bonds is 6. The van der Waals surface area contributed by atoms with Crippen molar-refractivity contribution in [1.29, 1.82) is 0 Å². The Hall–Kier alpha value is -2.96. The number of fused-ring (bicyclic) bond motifs is 2. The summed E-state index contributed by atoms with van der Waals surface area (Å²) >= 11 is 1.85. The van der Waals surface area contributed by atoms with Crippen LogP contribution in [0.15, 0.2) is 66.3 Å². The number of hydrogen-bond donors (Lipinski definition) is 1. The molecule has 158 valence electrons. The van der Waals surface area contributed by atoms with Crippen LogP contribution in [0.2, 0.25) is 0 Å². The number of nitrogens with zero attached hydrogens (tertiary/aromatic N) is 3. The monoisotopic (exact) mass is 430 g/mol. The second kappa shape index (κ2) is 8.65. The molecule has 0 saturated carbocycles. The van der Waals surface area contributed by atoms with Crippen LogP contribution in [0.1, 0.15) is 33.3 Å². The van der Waals surface area contributed by atoms with Crippen LogP contribution in [-0.2, 0) is 24.2 Å². The molecule has 5 rings (SSSR count). The minimum Gasteiger partial charge on any atom is -0.354 e. The molecule has 3 aromatic heterocycles. The second-order valence-electron chi connectivity index (χ2n) is 8.15. The normalized spacial score (nSPS) is 15.0. The SMILES string of the molecule is Cc1cccn2cc(CC(=O)NCC(c3ccccc3)N3CCc4sccc4C3)nc12. The van der Waals surface area contributed by atoms with Gasteiger partial charge in [0.15, 0.2) is 0 Å². The van der Waals surface area contributed by atoms with E-state index in [2.05, 4.69) is 50.9 Å². The molecule has 1 aromatic carbocycles. The summed E-state index contributed by atoms with van der Waals surface area (Å²) in [5.74, 6) is 0.00946. The Morgan fingerprint density at radius 2 is 2.06 bits per heavy atom. The highest BCUT2D eigenvalue weighted by molar-refractivity contribution is 7.10. The molecular weight excluding hydrogens is 404 g/mol. The zero-order chi connectivity index (χ0) is 21.2. The largest absolute Gasteiger partial charge is 0.354 e. The summed E-state index contributed by atoms with van der Waals surface area (Å²) in [7, 11) is 0. The summed E-state index contributed by atoms with van der Waals surface area (Å²) in [6, 6.07) is 16.9. The highest BCUT2D eigenvalue weighted by Gasteiger charge is 2.26. The molecule has 0 spiro atoms. The molecule has 1 atom stereocenters. The van der Waals surface area contributed by atoms with E-state index in [-0.39, 0.29) is 18.4 Å². The Balaban J connectivity index is 1.29. The molecule has 0 radical (unpaired) electrons. The number of carbonyl (C=O) groups excluding carboxylic acids is 1. The highest BCUT2D eigenvalue weighted by atomic mass is 32.1. The van der Waals surface area contributed by atoms with Crippen molar-refractivity contribution in [3.63, 3.8) is 0 Å². The summed E-state index contributed by atoms with van der Waals surface area (Å²) in [6.07, 6.45) is 5.28. The molecular formula is C25H26N4OS. The van der Waals surface area contributed by atoms with Gasteiger partial charge in [-0.05, 0) is 47.5 Å². The smallest absolute Gasteiger partial charge is 0.226 e. The number of imidazole rings is 1. The lowest BCUT2D eigenvalue weighted by molar-refractivity contribution is -0.120. The number of amides is 1. The molecule has 5 nitrogen and oxygen atoms in total. The first kappa shape index (κ1) is 20.0. The minimum atomic E-state index is 0.00946. The van der Waals surface area contributed by atoms with Crippen molar-refractivity contribution in [2.75, 3.05) is 13.1 Å². The maximum Gasteiger partial charge on any atom is 0.226 e. The van der Waals surface area contributed by atoms with Gasteiger partial charge in [0.25, 0.3) is 0 Å². The molecule has 1 aliphatic heterocycles. The number of aromatic nitrogens is 2. The molecule has 1 amide bonds. The number of thiophene rings is 1. The van der Waals surface area contributed by atoms with Gasteiger partial charge in [0.05, 0.1) is 18.2 Å². The molecule has 4 heterocycles. The standard InChI is InChI=1S/C25H26N4OS/c1-18-6-5-11-29-17-21(27-25(18)29)14-24(30)26-15-22(19-7-3-2-4-8-19)28-12-9-23-20(16-28)10-13-31-23/h2-8,10-11,13,17,22H,9,12,14-16H2,1H3,(H,26,30). The van der Waals surface area contributed by atoms with Crippen molar-refractivity contribution in [3.05, 3.63) is 93.6 Å². The summed E-state index contributed by atoms with van der Waals surface area (Å²) in [5.41, 5.74) is 5.47. The fraction of sp³-hybridized carbons (Fsp3) is 0.280. The van der Waals surface area contributed by atoms with Gasteiger partial charge < -0.3 is 9.72 Å². The van der Waals surface area contributed by atoms with E-state index in [1.807, 2.05) is 53.3 Å². The van der Waals surface area contributed by atoms with Crippen LogP contribution >= 0.6 is 11.3 Å². The number of pyridine rings is 1. The van der Waals surface area contributed by atoms with Crippen LogP contribution in [-0.4, -0.2) is 33.3 Å². The van der Waals surface area contributed by atoms with Gasteiger partial charge in [0.2, 0.25) is 5.91 Å². The molecule has 0 bridgehead atoms. The zero-order valence-electron chi connectivity index (χ0n) is 17.6. The van der Waals surface area contributed by atoms with Crippen LogP contribution in [0.5, 0.6) is 0 Å². The van der Waals surface area contributed by atoms with Gasteiger partial charge in [-0.1, -0.05) is 36.4 Å². The first-order valence-electron chi connectivity index (χ1n) is 10.7. The van der Waals surface area contributed by atoms with Crippen molar-refractivity contribution < 1.29 is 4.79 Å². The topological polar surface area (TPSA) is 49.6 Å². The van der Waals surface area contributed by atoms with Gasteiger partial charge in [-0.25, -0.2) is 4.98 Å². The molecule has 6 heteroatoms. The predicted molar refractivity (Wildman–Crippen MR) is 124 cm³/mol. The molecule has 0 aliphatic carbocycles. The van der Waals surface area contributed by atoms with Crippen LogP contribution in [0.4, 0.5) is 0 Å². The van der Waals surface area contributed by atoms with Gasteiger partial charge in [-0.2, -0.15) is 0 Å². The van der Waals surface area contributed by atoms with Gasteiger partial charge in [0, 0.05) is 36.9 Å². The van der Waals surface area contributed by atoms with E-state index in [1.165, 1.54) is 16.0 Å². The van der Waals surface area contributed by atoms with Crippen molar-refractivity contribution >= 4 is 22.9 Å². The van der Waals surface area contributed by atoms with E-state index in [0.29, 0.717) is 6.54 Å². The Labute approximate surface area is 186 Å². The Morgan fingerprint density at radius 1 is 1.19 bits per heavy atom. The van der Waals surface area contributed by atoms with Crippen LogP contribution in [0.25, 0.3) is 5.65 Å². The van der Waals surface area contributed by atoms with E-state index in [0.717, 1.165) is 36.4 Å². The molecule has 0 saturated heterocycles. The lowest BCUT2D eigenvalue weighted by Gasteiger charge is -2.35. The third-order valence-corrected chi connectivity index (χ3v) is 7.05. The van der Waals surface area contributed by atoms with E-state index in [9.17, 15) is 4.79 Å². The Bertz CT molecular complexity index is 1200. The molecule has 1 N–H and O–H groups in total. The van der Waals surface area contributed by atoms with Crippen molar-refractivity contribution in [2.45, 2.75) is 32.4 Å². The quantitative estimate of drug-likeness (QED) is 0.500. The van der Waals surface area contributed by atoms with Gasteiger partial charge in [-0.3, -0.25) is 9.69 Å². The van der Waals surface area contributed by atoms with E-state index in [1.54, 1.807) is 0 Å². The van der Waals surface area contributed by atoms with E-state index in [4.69, 9.17) is 0 Å². The molecule has 1 aliphatic rings. The number of nitrogens with one attached hydrogen (secondary N) is 1. The van der Waals surface area contributed by atoms with Crippen molar-refractivity contribution in [1.82, 2.24) is 19.6 Å². The summed E-state index contributed by atoms with van der Waals surface area (Å²) in [4.78, 5) is 21.4. The lowest BCUT2D eigenvalue weighted by Crippen LogP contribution is -2.40. The predicted octanol–water partition coefficient (Wildman–Crippen LogP) is 4.16. The average molecular weight is 431 g/mol. The third kappa shape index (κ3) is 4.27. The van der Waals surface area contributed by atoms with Crippen LogP contribution < -0.4 is 5.32 Å². The number of aryl methyl sites for hydroxylation is 1. The molecule has 0 fully saturated rings. The third-order valence-electron chi connectivity index (χ3n) is 6.02. The maximum atomic E-state index is 12.8. The van der Waals surface area contributed by atoms with E-state index < -0.39 is 0 Å². The average Bonchev–Trinajstić information content (AvgIpc) is 3.41. The second-order valence-corrected chi connectivity index (χ2v) is 9.15. The van der Waals surface area contributed by atoms with Crippen LogP contribution in [0.3, 0.4) is 0 Å². The molecule has 4 aromatic rings. The lowest BCUT2D eigenvalue weighted by atomic mass is 10.0. The first-order chi connectivity index (χ1) is 15.2. The van der Waals surface area contributed by atoms with Crippen LogP contribution in [0, 0.1) is 6.92 Å². The summed E-state index contributed by atoms with van der Waals surface area (Å²) in [6.45, 7) is 4.57. The Kier molecular flexibility index (Phi) is 5.57. The number of benzene rings is 1. The summed E-state index contributed by atoms with van der Waals surface area (Å²) in [5, 5.41) is 5.36. The minimum absolute atomic E-state index is 0.00946. The van der Waals surface area contributed by atoms with Gasteiger partial charge in [-0.15, -0.1) is 11.3 Å². The number of hydrogen-bond acceptors (Lipinski definition) is 4. The fourth-order valence-electron chi connectivity index (χ4n) is 4.40. The fourth-order valence-corrected chi connectivity index (χ4v) is 5.29. The molecule has 1 unspecified atom stereocenters. The van der Waals surface area contributed by atoms with Gasteiger partial charge in [0.1, 0.15) is 5.65 Å². The van der Waals surface area contributed by atoms with Crippen molar-refractivity contribution in [3.8, 4) is 0 Å². The zero-order valence-corrected chi connectivity index (χ0v) is 18.4. The number of carbonyl (C=O) groups is 1. The van der Waals surface area contributed by atoms with E-state index >= 15 is 0 Å².